The first-order chi connectivity index (χ1) is 13.5. The number of fused-ring (bicyclic) bond motifs is 1. The molecule has 1 atom stereocenters. The van der Waals surface area contributed by atoms with Crippen LogP contribution in [0.2, 0.25) is 0 Å². The van der Waals surface area contributed by atoms with E-state index in [2.05, 4.69) is 68.4 Å². The summed E-state index contributed by atoms with van der Waals surface area (Å²) in [4.78, 5) is 26.8. The van der Waals surface area contributed by atoms with Gasteiger partial charge >= 0.3 is 0 Å². The van der Waals surface area contributed by atoms with Crippen molar-refractivity contribution >= 4 is 55.0 Å². The fourth-order valence-electron chi connectivity index (χ4n) is 3.09. The average molecular weight is 523 g/mol. The predicted molar refractivity (Wildman–Crippen MR) is 121 cm³/mol. The zero-order chi connectivity index (χ0) is 20.5. The Bertz CT molecular complexity index is 869. The van der Waals surface area contributed by atoms with Gasteiger partial charge in [0.15, 0.2) is 0 Å². The number of hydrogen-bond donors (Lipinski definition) is 0. The number of amides is 2. The van der Waals surface area contributed by atoms with E-state index >= 15 is 0 Å². The minimum absolute atomic E-state index is 0.114. The number of carbonyl (C=O) groups is 2. The molecule has 1 aromatic rings. The number of halogens is 2. The second-order valence-corrected chi connectivity index (χ2v) is 10.2. The van der Waals surface area contributed by atoms with Gasteiger partial charge in [-0.1, -0.05) is 51.4 Å². The van der Waals surface area contributed by atoms with Gasteiger partial charge in [-0.05, 0) is 62.0 Å². The predicted octanol–water partition coefficient (Wildman–Crippen LogP) is 5.88. The van der Waals surface area contributed by atoms with Crippen molar-refractivity contribution in [2.24, 2.45) is 5.92 Å². The van der Waals surface area contributed by atoms with Crippen LogP contribution in [0.4, 0.5) is 0 Å². The van der Waals surface area contributed by atoms with Gasteiger partial charge in [0, 0.05) is 12.5 Å². The number of unbranched alkanes of at least 4 members (excludes halogenated alkanes) is 5. The Labute approximate surface area is 187 Å². The van der Waals surface area contributed by atoms with E-state index in [-0.39, 0.29) is 24.3 Å². The molecule has 0 spiro atoms. The molecule has 0 saturated carbocycles. The highest BCUT2D eigenvalue weighted by Crippen LogP contribution is 2.42. The lowest BCUT2D eigenvalue weighted by Crippen LogP contribution is -2.34. The fourth-order valence-corrected chi connectivity index (χ4v) is 6.19. The zero-order valence-corrected chi connectivity index (χ0v) is 19.7. The van der Waals surface area contributed by atoms with Gasteiger partial charge in [0.05, 0.1) is 18.7 Å². The highest BCUT2D eigenvalue weighted by molar-refractivity contribution is 9.12. The Morgan fingerprint density at radius 1 is 0.964 bits per heavy atom. The van der Waals surface area contributed by atoms with Crippen LogP contribution in [0, 0.1) is 41.9 Å². The van der Waals surface area contributed by atoms with Crippen LogP contribution >= 0.6 is 43.2 Å². The number of nitrogens with zero attached hydrogens (tertiary/aromatic N) is 1. The van der Waals surface area contributed by atoms with Gasteiger partial charge in [0.25, 0.3) is 11.8 Å². The van der Waals surface area contributed by atoms with E-state index in [0.29, 0.717) is 18.7 Å². The molecule has 0 N–H and O–H groups in total. The summed E-state index contributed by atoms with van der Waals surface area (Å²) in [6.45, 7) is 2.47. The minimum Gasteiger partial charge on any atom is -0.273 e. The molecule has 3 nitrogen and oxygen atoms in total. The number of carbonyl (C=O) groups excluding carboxylic acids is 2. The Hall–Kier alpha value is -1.52. The summed E-state index contributed by atoms with van der Waals surface area (Å²) < 4.78 is 1.35. The summed E-state index contributed by atoms with van der Waals surface area (Å²) >= 11 is 8.11. The molecular weight excluding hydrogens is 502 g/mol. The van der Waals surface area contributed by atoms with Gasteiger partial charge in [0.2, 0.25) is 0 Å². The van der Waals surface area contributed by atoms with Gasteiger partial charge in [-0.3, -0.25) is 14.5 Å². The Balaban J connectivity index is 2.06. The second-order valence-electron chi connectivity index (χ2n) is 6.54. The molecule has 0 saturated heterocycles. The van der Waals surface area contributed by atoms with E-state index < -0.39 is 0 Å². The summed E-state index contributed by atoms with van der Waals surface area (Å²) in [6, 6.07) is 0. The Kier molecular flexibility index (Phi) is 9.33. The van der Waals surface area contributed by atoms with Crippen molar-refractivity contribution in [3.05, 3.63) is 18.7 Å². The maximum Gasteiger partial charge on any atom is 0.263 e. The van der Waals surface area contributed by atoms with Gasteiger partial charge in [0.1, 0.15) is 0 Å². The molecule has 0 bridgehead atoms. The Morgan fingerprint density at radius 2 is 1.57 bits per heavy atom. The van der Waals surface area contributed by atoms with E-state index in [1.54, 1.807) is 0 Å². The van der Waals surface area contributed by atoms with Crippen LogP contribution in [0.25, 0.3) is 0 Å². The fraction of sp³-hybridized carbons (Fsp3) is 0.455. The number of thiophene rings is 1. The van der Waals surface area contributed by atoms with Crippen molar-refractivity contribution in [2.75, 3.05) is 6.54 Å². The third kappa shape index (κ3) is 5.74. The van der Waals surface area contributed by atoms with Crippen molar-refractivity contribution < 1.29 is 9.59 Å². The van der Waals surface area contributed by atoms with Crippen molar-refractivity contribution in [1.82, 2.24) is 4.90 Å². The van der Waals surface area contributed by atoms with E-state index in [9.17, 15) is 9.59 Å². The van der Waals surface area contributed by atoms with Crippen molar-refractivity contribution in [1.29, 1.82) is 0 Å². The number of rotatable bonds is 9. The van der Waals surface area contributed by atoms with Crippen molar-refractivity contribution in [3.63, 3.8) is 0 Å². The standard InChI is InChI=1S/C22H21Br2NO2S/c1-3-5-7-9-10-12-14-16(13-11-8-6-4-2)15-25-21(26)17-18(22(25)27)20(24)28-19(17)23/h2,16H,3,5,7,9-10,12,14-15H2,1H3. The van der Waals surface area contributed by atoms with Crippen LogP contribution in [-0.2, 0) is 0 Å². The topological polar surface area (TPSA) is 37.4 Å². The molecule has 6 heteroatoms. The normalized spacial score (nSPS) is 13.3. The highest BCUT2D eigenvalue weighted by atomic mass is 79.9. The first kappa shape index (κ1) is 22.8. The molecule has 1 aromatic heterocycles. The lowest BCUT2D eigenvalue weighted by Gasteiger charge is -2.19. The third-order valence-corrected chi connectivity index (χ3v) is 7.05. The number of hydrogen-bond acceptors (Lipinski definition) is 3. The lowest BCUT2D eigenvalue weighted by molar-refractivity contribution is 0.0637. The maximum atomic E-state index is 12.8. The van der Waals surface area contributed by atoms with Gasteiger partial charge < -0.3 is 0 Å². The van der Waals surface area contributed by atoms with Gasteiger partial charge in [-0.2, -0.15) is 0 Å². The molecule has 0 radical (unpaired) electrons. The molecule has 0 aliphatic carbocycles. The van der Waals surface area contributed by atoms with E-state index in [1.807, 2.05) is 0 Å². The summed E-state index contributed by atoms with van der Waals surface area (Å²) in [5.74, 6) is 12.5. The van der Waals surface area contributed by atoms with Gasteiger partial charge in [-0.15, -0.1) is 17.8 Å². The zero-order valence-electron chi connectivity index (χ0n) is 15.7. The van der Waals surface area contributed by atoms with E-state index in [0.717, 1.165) is 19.3 Å². The minimum atomic E-state index is -0.265. The van der Waals surface area contributed by atoms with Crippen LogP contribution in [0.5, 0.6) is 0 Å². The summed E-state index contributed by atoms with van der Waals surface area (Å²) in [6.07, 6.45) is 13.0. The molecule has 1 aliphatic heterocycles. The largest absolute Gasteiger partial charge is 0.273 e. The first-order valence-electron chi connectivity index (χ1n) is 9.31. The molecule has 1 unspecified atom stereocenters. The average Bonchev–Trinajstić information content (AvgIpc) is 3.10. The van der Waals surface area contributed by atoms with Crippen LogP contribution < -0.4 is 0 Å². The third-order valence-electron chi connectivity index (χ3n) is 4.52. The maximum absolute atomic E-state index is 12.8. The molecule has 0 aromatic carbocycles. The molecule has 2 heterocycles. The lowest BCUT2D eigenvalue weighted by atomic mass is 10.00. The highest BCUT2D eigenvalue weighted by Gasteiger charge is 2.41. The monoisotopic (exact) mass is 521 g/mol. The molecule has 0 fully saturated rings. The quantitative estimate of drug-likeness (QED) is 0.231. The molecule has 1 aliphatic rings. The SMILES string of the molecule is C#CC#CC#CC(CCCCCCCC)CN1C(=O)c2c(Br)sc(Br)c2C1=O. The Morgan fingerprint density at radius 3 is 2.18 bits per heavy atom. The second kappa shape index (κ2) is 11.5. The molecule has 2 rings (SSSR count). The van der Waals surface area contributed by atoms with Crippen molar-refractivity contribution in [2.45, 2.75) is 51.9 Å². The summed E-state index contributed by atoms with van der Waals surface area (Å²) in [5, 5.41) is 0. The summed E-state index contributed by atoms with van der Waals surface area (Å²) in [5.41, 5.74) is 0.889. The number of terminal acetylenes is 1. The smallest absolute Gasteiger partial charge is 0.263 e. The van der Waals surface area contributed by atoms with Crippen LogP contribution in [0.1, 0.15) is 72.6 Å². The molecule has 28 heavy (non-hydrogen) atoms. The molecular formula is C22H21Br2NO2S. The first-order valence-corrected chi connectivity index (χ1v) is 11.7. The summed E-state index contributed by atoms with van der Waals surface area (Å²) in [7, 11) is 0. The van der Waals surface area contributed by atoms with Crippen molar-refractivity contribution in [3.8, 4) is 36.0 Å². The van der Waals surface area contributed by atoms with Crippen LogP contribution in [0.15, 0.2) is 7.57 Å². The van der Waals surface area contributed by atoms with Crippen LogP contribution in [0.3, 0.4) is 0 Å². The molecule has 146 valence electrons. The van der Waals surface area contributed by atoms with Gasteiger partial charge in [-0.25, -0.2) is 0 Å². The van der Waals surface area contributed by atoms with E-state index in [4.69, 9.17) is 6.42 Å². The van der Waals surface area contributed by atoms with E-state index in [1.165, 1.54) is 41.9 Å². The number of imide groups is 1. The van der Waals surface area contributed by atoms with Crippen LogP contribution in [-0.4, -0.2) is 23.3 Å². The molecule has 2 amide bonds.